The Hall–Kier alpha value is -1.99. The number of ether oxygens (including phenoxy) is 1. The van der Waals surface area contributed by atoms with Crippen LogP contribution in [0.25, 0.3) is 0 Å². The number of anilines is 2. The fraction of sp³-hybridized carbons (Fsp3) is 0.133. The molecule has 0 saturated carbocycles. The van der Waals surface area contributed by atoms with Crippen LogP contribution in [0.1, 0.15) is 5.56 Å². The summed E-state index contributed by atoms with van der Waals surface area (Å²) in [6.07, 6.45) is -4.74. The van der Waals surface area contributed by atoms with Gasteiger partial charge in [-0.15, -0.1) is 13.2 Å². The van der Waals surface area contributed by atoms with Gasteiger partial charge in [0.2, 0.25) is 0 Å². The van der Waals surface area contributed by atoms with Gasteiger partial charge in [-0.3, -0.25) is 0 Å². The maximum Gasteiger partial charge on any atom is 0.573 e. The predicted octanol–water partition coefficient (Wildman–Crippen LogP) is 5.36. The van der Waals surface area contributed by atoms with Gasteiger partial charge in [0.1, 0.15) is 5.75 Å². The van der Waals surface area contributed by atoms with Gasteiger partial charge < -0.3 is 15.4 Å². The molecule has 0 heterocycles. The van der Waals surface area contributed by atoms with Crippen molar-refractivity contribution in [1.29, 1.82) is 0 Å². The minimum absolute atomic E-state index is 0.222. The third-order valence-electron chi connectivity index (χ3n) is 2.77. The van der Waals surface area contributed by atoms with Crippen LogP contribution >= 0.6 is 23.8 Å². The lowest BCUT2D eigenvalue weighted by atomic mass is 10.2. The highest BCUT2D eigenvalue weighted by Gasteiger charge is 2.31. The van der Waals surface area contributed by atoms with Crippen LogP contribution in [0, 0.1) is 6.92 Å². The Morgan fingerprint density at radius 3 is 2.57 bits per heavy atom. The molecule has 0 aliphatic rings. The van der Waals surface area contributed by atoms with E-state index in [2.05, 4.69) is 15.4 Å². The Balaban J connectivity index is 2.05. The SMILES string of the molecule is Cc1ccc(Cl)cc1NC(=S)Nc1cccc(OC(F)(F)F)c1. The first-order valence-corrected chi connectivity index (χ1v) is 7.21. The van der Waals surface area contributed by atoms with Gasteiger partial charge >= 0.3 is 6.36 Å². The maximum atomic E-state index is 12.2. The normalized spacial score (nSPS) is 11.0. The van der Waals surface area contributed by atoms with Crippen molar-refractivity contribution in [2.24, 2.45) is 0 Å². The molecule has 2 aromatic carbocycles. The molecular formula is C15H12ClF3N2OS. The van der Waals surface area contributed by atoms with Crippen molar-refractivity contribution in [3.63, 3.8) is 0 Å². The van der Waals surface area contributed by atoms with Gasteiger partial charge in [0, 0.05) is 22.5 Å². The summed E-state index contributed by atoms with van der Waals surface area (Å²) >= 11 is 11.1. The van der Waals surface area contributed by atoms with Crippen LogP contribution < -0.4 is 15.4 Å². The van der Waals surface area contributed by atoms with E-state index in [-0.39, 0.29) is 10.9 Å². The zero-order valence-corrected chi connectivity index (χ0v) is 13.4. The highest BCUT2D eigenvalue weighted by Crippen LogP contribution is 2.25. The molecule has 8 heteroatoms. The van der Waals surface area contributed by atoms with Crippen molar-refractivity contribution >= 4 is 40.3 Å². The van der Waals surface area contributed by atoms with E-state index in [0.717, 1.165) is 5.56 Å². The number of alkyl halides is 3. The van der Waals surface area contributed by atoms with Gasteiger partial charge in [0.05, 0.1) is 0 Å². The van der Waals surface area contributed by atoms with E-state index in [0.29, 0.717) is 16.4 Å². The summed E-state index contributed by atoms with van der Waals surface area (Å²) in [7, 11) is 0. The highest BCUT2D eigenvalue weighted by atomic mass is 35.5. The van der Waals surface area contributed by atoms with Crippen LogP contribution in [0.3, 0.4) is 0 Å². The fourth-order valence-electron chi connectivity index (χ4n) is 1.78. The molecule has 3 nitrogen and oxygen atoms in total. The lowest BCUT2D eigenvalue weighted by molar-refractivity contribution is -0.274. The number of benzene rings is 2. The molecule has 0 unspecified atom stereocenters. The zero-order chi connectivity index (χ0) is 17.0. The van der Waals surface area contributed by atoms with Crippen LogP contribution in [0.2, 0.25) is 5.02 Å². The van der Waals surface area contributed by atoms with Crippen molar-refractivity contribution in [2.45, 2.75) is 13.3 Å². The molecule has 0 aliphatic carbocycles. The van der Waals surface area contributed by atoms with Crippen LogP contribution in [0.5, 0.6) is 5.75 Å². The third-order valence-corrected chi connectivity index (χ3v) is 3.21. The van der Waals surface area contributed by atoms with Gasteiger partial charge in [-0.1, -0.05) is 23.7 Å². The molecule has 0 amide bonds. The Kier molecular flexibility index (Phi) is 5.33. The minimum Gasteiger partial charge on any atom is -0.406 e. The fourth-order valence-corrected chi connectivity index (χ4v) is 2.18. The molecule has 0 saturated heterocycles. The maximum absolute atomic E-state index is 12.2. The van der Waals surface area contributed by atoms with Crippen molar-refractivity contribution in [3.05, 3.63) is 53.1 Å². The first-order valence-electron chi connectivity index (χ1n) is 6.43. The summed E-state index contributed by atoms with van der Waals surface area (Å²) in [5.74, 6) is -0.329. The molecular weight excluding hydrogens is 349 g/mol. The summed E-state index contributed by atoms with van der Waals surface area (Å²) < 4.78 is 40.5. The Labute approximate surface area is 141 Å². The molecule has 0 aromatic heterocycles. The number of nitrogens with one attached hydrogen (secondary N) is 2. The Morgan fingerprint density at radius 2 is 1.87 bits per heavy atom. The molecule has 0 radical (unpaired) electrons. The average molecular weight is 361 g/mol. The van der Waals surface area contributed by atoms with E-state index in [1.165, 1.54) is 18.2 Å². The zero-order valence-electron chi connectivity index (χ0n) is 11.9. The Morgan fingerprint density at radius 1 is 1.13 bits per heavy atom. The first kappa shape index (κ1) is 17.4. The minimum atomic E-state index is -4.74. The van der Waals surface area contributed by atoms with E-state index in [4.69, 9.17) is 23.8 Å². The lowest BCUT2D eigenvalue weighted by Gasteiger charge is -2.14. The molecule has 23 heavy (non-hydrogen) atoms. The summed E-state index contributed by atoms with van der Waals surface area (Å²) in [4.78, 5) is 0. The molecule has 0 atom stereocenters. The summed E-state index contributed by atoms with van der Waals surface area (Å²) in [5.41, 5.74) is 1.99. The second-order valence-electron chi connectivity index (χ2n) is 4.61. The molecule has 0 aliphatic heterocycles. The largest absolute Gasteiger partial charge is 0.573 e. The number of halogens is 4. The van der Waals surface area contributed by atoms with E-state index in [1.807, 2.05) is 13.0 Å². The summed E-state index contributed by atoms with van der Waals surface area (Å²) in [6.45, 7) is 1.87. The number of hydrogen-bond donors (Lipinski definition) is 2. The predicted molar refractivity (Wildman–Crippen MR) is 89.2 cm³/mol. The van der Waals surface area contributed by atoms with Gasteiger partial charge in [-0.05, 0) is 49.0 Å². The van der Waals surface area contributed by atoms with Crippen molar-refractivity contribution in [3.8, 4) is 5.75 Å². The van der Waals surface area contributed by atoms with Gasteiger partial charge in [-0.2, -0.15) is 0 Å². The third kappa shape index (κ3) is 5.61. The first-order chi connectivity index (χ1) is 10.7. The van der Waals surface area contributed by atoms with Crippen molar-refractivity contribution in [1.82, 2.24) is 0 Å². The average Bonchev–Trinajstić information content (AvgIpc) is 2.41. The van der Waals surface area contributed by atoms with Crippen LogP contribution in [-0.2, 0) is 0 Å². The molecule has 0 fully saturated rings. The molecule has 0 spiro atoms. The molecule has 0 bridgehead atoms. The standard InChI is InChI=1S/C15H12ClF3N2OS/c1-9-5-6-10(16)7-13(9)21-14(23)20-11-3-2-4-12(8-11)22-15(17,18)19/h2-8H,1H3,(H2,20,21,23). The van der Waals surface area contributed by atoms with Crippen molar-refractivity contribution in [2.75, 3.05) is 10.6 Å². The monoisotopic (exact) mass is 360 g/mol. The van der Waals surface area contributed by atoms with Crippen LogP contribution in [0.15, 0.2) is 42.5 Å². The van der Waals surface area contributed by atoms with E-state index >= 15 is 0 Å². The Bertz CT molecular complexity index is 722. The van der Waals surface area contributed by atoms with E-state index in [1.54, 1.807) is 18.2 Å². The van der Waals surface area contributed by atoms with Crippen LogP contribution in [-0.4, -0.2) is 11.5 Å². The molecule has 2 aromatic rings. The van der Waals surface area contributed by atoms with Gasteiger partial charge in [0.25, 0.3) is 0 Å². The number of hydrogen-bond acceptors (Lipinski definition) is 2. The number of aryl methyl sites for hydroxylation is 1. The smallest absolute Gasteiger partial charge is 0.406 e. The second-order valence-corrected chi connectivity index (χ2v) is 5.46. The van der Waals surface area contributed by atoms with E-state index < -0.39 is 6.36 Å². The lowest BCUT2D eigenvalue weighted by Crippen LogP contribution is -2.20. The molecule has 2 rings (SSSR count). The topological polar surface area (TPSA) is 33.3 Å². The van der Waals surface area contributed by atoms with Crippen LogP contribution in [0.4, 0.5) is 24.5 Å². The van der Waals surface area contributed by atoms with Gasteiger partial charge in [-0.25, -0.2) is 0 Å². The van der Waals surface area contributed by atoms with E-state index in [9.17, 15) is 13.2 Å². The molecule has 122 valence electrons. The highest BCUT2D eigenvalue weighted by molar-refractivity contribution is 7.80. The molecule has 2 N–H and O–H groups in total. The van der Waals surface area contributed by atoms with Gasteiger partial charge in [0.15, 0.2) is 5.11 Å². The van der Waals surface area contributed by atoms with Crippen molar-refractivity contribution < 1.29 is 17.9 Å². The summed E-state index contributed by atoms with van der Waals surface area (Å²) in [6, 6.07) is 10.7. The number of thiocarbonyl (C=S) groups is 1. The quantitative estimate of drug-likeness (QED) is 0.722. The number of rotatable bonds is 3. The second kappa shape index (κ2) is 7.06. The summed E-state index contributed by atoms with van der Waals surface area (Å²) in [5, 5.41) is 6.50.